The van der Waals surface area contributed by atoms with E-state index in [2.05, 4.69) is 9.72 Å². The smallest absolute Gasteiger partial charge is 0.343 e. The van der Waals surface area contributed by atoms with Gasteiger partial charge in [0.25, 0.3) is 0 Å². The van der Waals surface area contributed by atoms with Crippen molar-refractivity contribution in [1.29, 1.82) is 0 Å². The first-order chi connectivity index (χ1) is 12.6. The highest BCUT2D eigenvalue weighted by Gasteiger charge is 2.10. The van der Waals surface area contributed by atoms with Gasteiger partial charge in [0.2, 0.25) is 5.89 Å². The van der Waals surface area contributed by atoms with E-state index in [0.29, 0.717) is 11.6 Å². The molecule has 5 nitrogen and oxygen atoms in total. The summed E-state index contributed by atoms with van der Waals surface area (Å²) in [4.78, 5) is 15.7. The zero-order valence-electron chi connectivity index (χ0n) is 14.5. The van der Waals surface area contributed by atoms with Crippen molar-refractivity contribution < 1.29 is 18.7 Å². The van der Waals surface area contributed by atoms with Crippen molar-refractivity contribution in [3.05, 3.63) is 60.2 Å². The molecule has 4 rings (SSSR count). The Balaban J connectivity index is 1.65. The van der Waals surface area contributed by atoms with E-state index in [0.717, 1.165) is 33.0 Å². The third-order valence-electron chi connectivity index (χ3n) is 4.19. The SMILES string of the molecule is COC(=O)COc1ccc2cc(-c3nc4ccc(C)cc4o3)ccc2c1. The molecule has 0 radical (unpaired) electrons. The lowest BCUT2D eigenvalue weighted by atomic mass is 10.1. The summed E-state index contributed by atoms with van der Waals surface area (Å²) < 4.78 is 15.9. The summed E-state index contributed by atoms with van der Waals surface area (Å²) in [5.74, 6) is 0.804. The fourth-order valence-corrected chi connectivity index (χ4v) is 2.80. The van der Waals surface area contributed by atoms with Crippen LogP contribution >= 0.6 is 0 Å². The number of ether oxygens (including phenoxy) is 2. The van der Waals surface area contributed by atoms with E-state index < -0.39 is 5.97 Å². The van der Waals surface area contributed by atoms with Crippen molar-refractivity contribution in [2.45, 2.75) is 6.92 Å². The maximum atomic E-state index is 11.2. The Morgan fingerprint density at radius 1 is 1.04 bits per heavy atom. The third-order valence-corrected chi connectivity index (χ3v) is 4.19. The highest BCUT2D eigenvalue weighted by atomic mass is 16.6. The normalized spacial score (nSPS) is 11.0. The van der Waals surface area contributed by atoms with E-state index in [1.54, 1.807) is 0 Å². The van der Waals surface area contributed by atoms with Crippen LogP contribution in [0.4, 0.5) is 0 Å². The molecular weight excluding hydrogens is 330 g/mol. The van der Waals surface area contributed by atoms with Gasteiger partial charge in [-0.2, -0.15) is 0 Å². The average Bonchev–Trinajstić information content (AvgIpc) is 3.08. The van der Waals surface area contributed by atoms with Gasteiger partial charge in [-0.15, -0.1) is 0 Å². The maximum absolute atomic E-state index is 11.2. The van der Waals surface area contributed by atoms with Gasteiger partial charge in [-0.25, -0.2) is 9.78 Å². The highest BCUT2D eigenvalue weighted by Crippen LogP contribution is 2.29. The number of aryl methyl sites for hydroxylation is 1. The Kier molecular flexibility index (Phi) is 4.05. The van der Waals surface area contributed by atoms with Crippen LogP contribution in [0, 0.1) is 6.92 Å². The van der Waals surface area contributed by atoms with Gasteiger partial charge in [-0.3, -0.25) is 0 Å². The zero-order chi connectivity index (χ0) is 18.1. The van der Waals surface area contributed by atoms with Gasteiger partial charge in [-0.1, -0.05) is 18.2 Å². The fourth-order valence-electron chi connectivity index (χ4n) is 2.80. The lowest BCUT2D eigenvalue weighted by Crippen LogP contribution is -2.12. The van der Waals surface area contributed by atoms with E-state index in [1.165, 1.54) is 7.11 Å². The average molecular weight is 347 g/mol. The number of fused-ring (bicyclic) bond motifs is 2. The molecule has 0 spiro atoms. The van der Waals surface area contributed by atoms with Gasteiger partial charge in [0.1, 0.15) is 11.3 Å². The van der Waals surface area contributed by atoms with E-state index >= 15 is 0 Å². The molecule has 0 saturated heterocycles. The number of aromatic nitrogens is 1. The molecular formula is C21H17NO4. The number of hydrogen-bond acceptors (Lipinski definition) is 5. The Morgan fingerprint density at radius 3 is 2.69 bits per heavy atom. The van der Waals surface area contributed by atoms with Crippen molar-refractivity contribution in [1.82, 2.24) is 4.98 Å². The van der Waals surface area contributed by atoms with E-state index in [-0.39, 0.29) is 6.61 Å². The molecule has 0 unspecified atom stereocenters. The first kappa shape index (κ1) is 16.1. The molecule has 0 bridgehead atoms. The van der Waals surface area contributed by atoms with Crippen molar-refractivity contribution in [2.75, 3.05) is 13.7 Å². The van der Waals surface area contributed by atoms with Gasteiger partial charge < -0.3 is 13.9 Å². The minimum atomic E-state index is -0.411. The lowest BCUT2D eigenvalue weighted by Gasteiger charge is -2.06. The van der Waals surface area contributed by atoms with Gasteiger partial charge >= 0.3 is 5.97 Å². The van der Waals surface area contributed by atoms with Crippen LogP contribution < -0.4 is 4.74 Å². The number of methoxy groups -OCH3 is 1. The molecule has 0 aliphatic rings. The molecule has 0 aliphatic carbocycles. The van der Waals surface area contributed by atoms with E-state index in [4.69, 9.17) is 9.15 Å². The first-order valence-electron chi connectivity index (χ1n) is 8.23. The van der Waals surface area contributed by atoms with Crippen LogP contribution in [-0.2, 0) is 9.53 Å². The molecule has 1 aromatic heterocycles. The molecule has 0 aliphatic heterocycles. The second-order valence-corrected chi connectivity index (χ2v) is 6.08. The van der Waals surface area contributed by atoms with E-state index in [1.807, 2.05) is 61.5 Å². The number of esters is 1. The summed E-state index contributed by atoms with van der Waals surface area (Å²) in [6.07, 6.45) is 0. The third kappa shape index (κ3) is 3.11. The van der Waals surface area contributed by atoms with Gasteiger partial charge in [-0.05, 0) is 59.7 Å². The number of carbonyl (C=O) groups excluding carboxylic acids is 1. The van der Waals surface area contributed by atoms with Gasteiger partial charge in [0.15, 0.2) is 12.2 Å². The van der Waals surface area contributed by atoms with Crippen molar-refractivity contribution in [3.63, 3.8) is 0 Å². The van der Waals surface area contributed by atoms with Crippen LogP contribution in [0.3, 0.4) is 0 Å². The van der Waals surface area contributed by atoms with Crippen LogP contribution in [0.5, 0.6) is 5.75 Å². The number of hydrogen-bond donors (Lipinski definition) is 0. The van der Waals surface area contributed by atoms with Crippen LogP contribution in [-0.4, -0.2) is 24.7 Å². The van der Waals surface area contributed by atoms with E-state index in [9.17, 15) is 4.79 Å². The molecule has 0 atom stereocenters. The zero-order valence-corrected chi connectivity index (χ0v) is 14.5. The van der Waals surface area contributed by atoms with Crippen LogP contribution in [0.25, 0.3) is 33.3 Å². The molecule has 5 heteroatoms. The summed E-state index contributed by atoms with van der Waals surface area (Å²) in [7, 11) is 1.33. The maximum Gasteiger partial charge on any atom is 0.343 e. The predicted octanol–water partition coefficient (Wildman–Crippen LogP) is 4.51. The second-order valence-electron chi connectivity index (χ2n) is 6.08. The number of oxazole rings is 1. The van der Waals surface area contributed by atoms with Crippen molar-refractivity contribution >= 4 is 27.8 Å². The Hall–Kier alpha value is -3.34. The summed E-state index contributed by atoms with van der Waals surface area (Å²) >= 11 is 0. The molecule has 4 aromatic rings. The minimum absolute atomic E-state index is 0.109. The minimum Gasteiger partial charge on any atom is -0.482 e. The summed E-state index contributed by atoms with van der Waals surface area (Å²) in [6, 6.07) is 17.6. The molecule has 130 valence electrons. The molecule has 3 aromatic carbocycles. The monoisotopic (exact) mass is 347 g/mol. The quantitative estimate of drug-likeness (QED) is 0.508. The molecule has 0 N–H and O–H groups in total. The number of nitrogens with zero attached hydrogens (tertiary/aromatic N) is 1. The second kappa shape index (κ2) is 6.52. The van der Waals surface area contributed by atoms with Gasteiger partial charge in [0.05, 0.1) is 7.11 Å². The topological polar surface area (TPSA) is 61.6 Å². The Bertz CT molecular complexity index is 1110. The van der Waals surface area contributed by atoms with Crippen molar-refractivity contribution in [2.24, 2.45) is 0 Å². The fraction of sp³-hybridized carbons (Fsp3) is 0.143. The first-order valence-corrected chi connectivity index (χ1v) is 8.23. The lowest BCUT2D eigenvalue weighted by molar-refractivity contribution is -0.142. The van der Waals surface area contributed by atoms with Crippen LogP contribution in [0.1, 0.15) is 5.56 Å². The number of carbonyl (C=O) groups is 1. The van der Waals surface area contributed by atoms with Crippen LogP contribution in [0.15, 0.2) is 59.0 Å². The summed E-state index contributed by atoms with van der Waals surface area (Å²) in [5.41, 5.74) is 3.68. The highest BCUT2D eigenvalue weighted by molar-refractivity contribution is 5.88. The van der Waals surface area contributed by atoms with Gasteiger partial charge in [0, 0.05) is 5.56 Å². The summed E-state index contributed by atoms with van der Waals surface area (Å²) in [5, 5.41) is 2.04. The summed E-state index contributed by atoms with van der Waals surface area (Å²) in [6.45, 7) is 1.92. The molecule has 0 fully saturated rings. The van der Waals surface area contributed by atoms with Crippen molar-refractivity contribution in [3.8, 4) is 17.2 Å². The Labute approximate surface area is 150 Å². The standard InChI is InChI=1S/C21H17NO4/c1-13-3-8-18-19(9-13)26-21(22-18)16-5-4-15-11-17(7-6-14(15)10-16)25-12-20(23)24-2/h3-11H,12H2,1-2H3. The van der Waals surface area contributed by atoms with Crippen LogP contribution in [0.2, 0.25) is 0 Å². The molecule has 0 saturated carbocycles. The molecule has 26 heavy (non-hydrogen) atoms. The largest absolute Gasteiger partial charge is 0.482 e. The molecule has 1 heterocycles. The Morgan fingerprint density at radius 2 is 1.85 bits per heavy atom. The number of rotatable bonds is 4. The predicted molar refractivity (Wildman–Crippen MR) is 99.2 cm³/mol. The number of benzene rings is 3. The molecule has 0 amide bonds.